The molecule has 6 heteroatoms. The monoisotopic (exact) mass is 440 g/mol. The van der Waals surface area contributed by atoms with Crippen LogP contribution in [0.25, 0.3) is 0 Å². The second kappa shape index (κ2) is 18.0. The van der Waals surface area contributed by atoms with Crippen LogP contribution in [0.15, 0.2) is 17.6 Å². The summed E-state index contributed by atoms with van der Waals surface area (Å²) < 4.78 is 5.08. The molecule has 0 aromatic rings. The Kier molecular flexibility index (Phi) is 19.5. The average Bonchev–Trinajstić information content (AvgIpc) is 2.51. The molecule has 5 nitrogen and oxygen atoms in total. The van der Waals surface area contributed by atoms with Gasteiger partial charge in [0.05, 0.1) is 13.2 Å². The molecule has 0 aromatic heterocycles. The van der Waals surface area contributed by atoms with Crippen LogP contribution in [0.3, 0.4) is 0 Å². The molecule has 0 saturated heterocycles. The fourth-order valence-corrected chi connectivity index (χ4v) is 2.08. The zero-order valence-corrected chi connectivity index (χ0v) is 17.8. The largest absolute Gasteiger partial charge is 0.383 e. The highest BCUT2D eigenvalue weighted by atomic mass is 127. The predicted molar refractivity (Wildman–Crippen MR) is 112 cm³/mol. The molecule has 0 saturated carbocycles. The average molecular weight is 440 g/mol. The van der Waals surface area contributed by atoms with Gasteiger partial charge in [-0.25, -0.2) is 0 Å². The normalized spacial score (nSPS) is 11.3. The summed E-state index contributed by atoms with van der Waals surface area (Å²) in [5, 5.41) is 3.37. The quantitative estimate of drug-likeness (QED) is 0.157. The van der Waals surface area contributed by atoms with Gasteiger partial charge in [-0.15, -0.1) is 30.6 Å². The Balaban J connectivity index is 0. The summed E-state index contributed by atoms with van der Waals surface area (Å²) in [5.74, 6) is 1.01. The third-order valence-electron chi connectivity index (χ3n) is 3.52. The summed E-state index contributed by atoms with van der Waals surface area (Å²) in [7, 11) is 5.95. The first-order chi connectivity index (χ1) is 10.7. The molecule has 1 N–H and O–H groups in total. The van der Waals surface area contributed by atoms with E-state index in [1.165, 1.54) is 19.3 Å². The molecule has 0 aromatic carbocycles. The van der Waals surface area contributed by atoms with Crippen LogP contribution in [0.5, 0.6) is 0 Å². The van der Waals surface area contributed by atoms with Gasteiger partial charge in [0.1, 0.15) is 0 Å². The highest BCUT2D eigenvalue weighted by molar-refractivity contribution is 14.0. The number of likely N-dealkylation sites (N-methyl/N-ethyl adjacent to an activating group) is 1. The molecular weight excluding hydrogens is 403 g/mol. The standard InChI is InChI=1S/C17H36N4O.HI/c1-6-8-9-10-11-13-21(4)17(18-7-2)19-12-14-20(3)15-16-22-5;/h6H,1,7-16H2,2-5H3,(H,18,19);1H. The Bertz CT molecular complexity index is 300. The number of guanidine groups is 1. The van der Waals surface area contributed by atoms with Crippen molar-refractivity contribution in [3.05, 3.63) is 12.7 Å². The lowest BCUT2D eigenvalue weighted by atomic mass is 10.2. The third-order valence-corrected chi connectivity index (χ3v) is 3.52. The maximum atomic E-state index is 5.08. The molecule has 0 aliphatic heterocycles. The molecule has 0 rings (SSSR count). The fourth-order valence-electron chi connectivity index (χ4n) is 2.08. The summed E-state index contributed by atoms with van der Waals surface area (Å²) in [6.45, 7) is 11.3. The second-order valence-electron chi connectivity index (χ2n) is 5.59. The number of ether oxygens (including phenoxy) is 1. The summed E-state index contributed by atoms with van der Waals surface area (Å²) in [6, 6.07) is 0. The molecule has 0 spiro atoms. The first-order valence-electron chi connectivity index (χ1n) is 8.43. The van der Waals surface area contributed by atoms with E-state index in [9.17, 15) is 0 Å². The van der Waals surface area contributed by atoms with E-state index in [1.807, 2.05) is 6.08 Å². The molecule has 0 fully saturated rings. The van der Waals surface area contributed by atoms with Crippen LogP contribution in [0.2, 0.25) is 0 Å². The van der Waals surface area contributed by atoms with Crippen LogP contribution in [0, 0.1) is 0 Å². The Hall–Kier alpha value is -0.340. The number of aliphatic imine (C=N–C) groups is 1. The molecule has 23 heavy (non-hydrogen) atoms. The van der Waals surface area contributed by atoms with Gasteiger partial charge in [-0.3, -0.25) is 4.99 Å². The minimum Gasteiger partial charge on any atom is -0.383 e. The number of unbranched alkanes of at least 4 members (excludes halogenated alkanes) is 3. The minimum atomic E-state index is 0. The molecule has 0 aliphatic rings. The first-order valence-corrected chi connectivity index (χ1v) is 8.43. The van der Waals surface area contributed by atoms with Crippen molar-refractivity contribution in [3.8, 4) is 0 Å². The van der Waals surface area contributed by atoms with E-state index in [0.29, 0.717) is 0 Å². The predicted octanol–water partition coefficient (Wildman–Crippen LogP) is 2.83. The molecule has 0 bridgehead atoms. The van der Waals surface area contributed by atoms with Gasteiger partial charge in [0.2, 0.25) is 0 Å². The summed E-state index contributed by atoms with van der Waals surface area (Å²) in [5.41, 5.74) is 0. The van der Waals surface area contributed by atoms with Crippen LogP contribution < -0.4 is 5.32 Å². The number of hydrogen-bond donors (Lipinski definition) is 1. The van der Waals surface area contributed by atoms with Crippen molar-refractivity contribution >= 4 is 29.9 Å². The number of methoxy groups -OCH3 is 1. The molecule has 0 heterocycles. The Morgan fingerprint density at radius 2 is 1.91 bits per heavy atom. The van der Waals surface area contributed by atoms with Crippen molar-refractivity contribution in [1.29, 1.82) is 0 Å². The van der Waals surface area contributed by atoms with Gasteiger partial charge in [-0.1, -0.05) is 12.5 Å². The van der Waals surface area contributed by atoms with Crippen molar-refractivity contribution in [3.63, 3.8) is 0 Å². The zero-order chi connectivity index (χ0) is 16.6. The fraction of sp³-hybridized carbons (Fsp3) is 0.824. The SMILES string of the molecule is C=CCCCCCN(C)C(=NCCN(C)CCOC)NCC.I. The van der Waals surface area contributed by atoms with Crippen LogP contribution in [0.4, 0.5) is 0 Å². The maximum absolute atomic E-state index is 5.08. The van der Waals surface area contributed by atoms with Gasteiger partial charge >= 0.3 is 0 Å². The smallest absolute Gasteiger partial charge is 0.193 e. The molecule has 0 amide bonds. The molecule has 0 radical (unpaired) electrons. The number of allylic oxidation sites excluding steroid dienone is 1. The summed E-state index contributed by atoms with van der Waals surface area (Å²) in [6.07, 6.45) is 6.79. The number of hydrogen-bond acceptors (Lipinski definition) is 3. The Labute approximate surface area is 160 Å². The van der Waals surface area contributed by atoms with E-state index in [-0.39, 0.29) is 24.0 Å². The van der Waals surface area contributed by atoms with Crippen molar-refractivity contribution < 1.29 is 4.74 Å². The minimum absolute atomic E-state index is 0. The van der Waals surface area contributed by atoms with Crippen molar-refractivity contribution in [2.45, 2.75) is 32.6 Å². The lowest BCUT2D eigenvalue weighted by Gasteiger charge is -2.22. The number of halogens is 1. The molecule has 0 unspecified atom stereocenters. The van der Waals surface area contributed by atoms with Gasteiger partial charge in [0.15, 0.2) is 5.96 Å². The van der Waals surface area contributed by atoms with Gasteiger partial charge in [-0.2, -0.15) is 0 Å². The van der Waals surface area contributed by atoms with E-state index in [2.05, 4.69) is 42.7 Å². The third kappa shape index (κ3) is 15.0. The second-order valence-corrected chi connectivity index (χ2v) is 5.59. The Morgan fingerprint density at radius 3 is 2.52 bits per heavy atom. The molecule has 0 aliphatic carbocycles. The van der Waals surface area contributed by atoms with E-state index in [4.69, 9.17) is 9.73 Å². The van der Waals surface area contributed by atoms with Crippen LogP contribution >= 0.6 is 24.0 Å². The maximum Gasteiger partial charge on any atom is 0.193 e. The molecule has 0 atom stereocenters. The van der Waals surface area contributed by atoms with Crippen molar-refractivity contribution in [2.75, 3.05) is 60.5 Å². The van der Waals surface area contributed by atoms with Crippen LogP contribution in [-0.4, -0.2) is 76.3 Å². The zero-order valence-electron chi connectivity index (χ0n) is 15.5. The van der Waals surface area contributed by atoms with Gasteiger partial charge < -0.3 is 19.9 Å². The van der Waals surface area contributed by atoms with Crippen molar-refractivity contribution in [2.24, 2.45) is 4.99 Å². The van der Waals surface area contributed by atoms with Crippen molar-refractivity contribution in [1.82, 2.24) is 15.1 Å². The number of rotatable bonds is 13. The highest BCUT2D eigenvalue weighted by Gasteiger charge is 2.05. The first kappa shape index (κ1) is 24.9. The number of nitrogens with zero attached hydrogens (tertiary/aromatic N) is 3. The van der Waals surface area contributed by atoms with Gasteiger partial charge in [0.25, 0.3) is 0 Å². The van der Waals surface area contributed by atoms with E-state index in [1.54, 1.807) is 7.11 Å². The van der Waals surface area contributed by atoms with Crippen LogP contribution in [0.1, 0.15) is 32.6 Å². The Morgan fingerprint density at radius 1 is 1.17 bits per heavy atom. The van der Waals surface area contributed by atoms with E-state index < -0.39 is 0 Å². The summed E-state index contributed by atoms with van der Waals surface area (Å²) >= 11 is 0. The lowest BCUT2D eigenvalue weighted by molar-refractivity contribution is 0.163. The molecular formula is C17H37IN4O. The topological polar surface area (TPSA) is 40.1 Å². The van der Waals surface area contributed by atoms with E-state index >= 15 is 0 Å². The lowest BCUT2D eigenvalue weighted by Crippen LogP contribution is -2.40. The highest BCUT2D eigenvalue weighted by Crippen LogP contribution is 2.01. The number of nitrogens with one attached hydrogen (secondary N) is 1. The van der Waals surface area contributed by atoms with Crippen LogP contribution in [-0.2, 0) is 4.74 Å². The summed E-state index contributed by atoms with van der Waals surface area (Å²) in [4.78, 5) is 9.18. The molecule has 138 valence electrons. The van der Waals surface area contributed by atoms with Gasteiger partial charge in [-0.05, 0) is 33.2 Å². The van der Waals surface area contributed by atoms with E-state index in [0.717, 1.165) is 51.7 Å². The van der Waals surface area contributed by atoms with Gasteiger partial charge in [0, 0.05) is 40.3 Å².